The first-order valence-corrected chi connectivity index (χ1v) is 5.88. The number of aryl methyl sites for hydroxylation is 1. The molecule has 1 rings (SSSR count). The van der Waals surface area contributed by atoms with Gasteiger partial charge in [0.2, 0.25) is 5.91 Å². The van der Waals surface area contributed by atoms with Gasteiger partial charge in [0.25, 0.3) is 0 Å². The predicted octanol–water partition coefficient (Wildman–Crippen LogP) is 2.51. The fourth-order valence-corrected chi connectivity index (χ4v) is 1.98. The van der Waals surface area contributed by atoms with Crippen LogP contribution in [0.4, 0.5) is 13.2 Å². The largest absolute Gasteiger partial charge is 0.417 e. The molecule has 1 aromatic heterocycles. The zero-order valence-electron chi connectivity index (χ0n) is 8.72. The Kier molecular flexibility index (Phi) is 4.72. The highest BCUT2D eigenvalue weighted by molar-refractivity contribution is 14.1. The van der Waals surface area contributed by atoms with Gasteiger partial charge in [0.1, 0.15) is 0 Å². The van der Waals surface area contributed by atoms with Gasteiger partial charge in [-0.3, -0.25) is 9.78 Å². The van der Waals surface area contributed by atoms with E-state index in [1.807, 2.05) is 0 Å². The zero-order valence-corrected chi connectivity index (χ0v) is 10.9. The number of aromatic nitrogens is 1. The molecule has 0 bridgehead atoms. The Morgan fingerprint density at radius 3 is 2.59 bits per heavy atom. The Hall–Kier alpha value is -0.860. The van der Waals surface area contributed by atoms with Crippen LogP contribution in [0.25, 0.3) is 0 Å². The molecule has 17 heavy (non-hydrogen) atoms. The molecule has 0 saturated heterocycles. The van der Waals surface area contributed by atoms with Crippen LogP contribution in [0.5, 0.6) is 0 Å². The second-order valence-corrected chi connectivity index (χ2v) is 4.63. The fraction of sp³-hybridized carbons (Fsp3) is 0.400. The van der Waals surface area contributed by atoms with Crippen molar-refractivity contribution < 1.29 is 18.0 Å². The molecule has 1 amide bonds. The maximum absolute atomic E-state index is 12.4. The van der Waals surface area contributed by atoms with Crippen LogP contribution in [-0.2, 0) is 17.4 Å². The molecule has 0 fully saturated rings. The molecule has 1 aromatic rings. The first kappa shape index (κ1) is 14.2. The van der Waals surface area contributed by atoms with Crippen LogP contribution in [0.15, 0.2) is 12.3 Å². The van der Waals surface area contributed by atoms with E-state index < -0.39 is 17.6 Å². The Morgan fingerprint density at radius 1 is 1.47 bits per heavy atom. The van der Waals surface area contributed by atoms with E-state index in [9.17, 15) is 18.0 Å². The van der Waals surface area contributed by atoms with Gasteiger partial charge in [0.15, 0.2) is 0 Å². The molecule has 0 spiro atoms. The summed E-state index contributed by atoms with van der Waals surface area (Å²) >= 11 is 1.80. The molecular formula is C10H10F3IN2O. The normalized spacial score (nSPS) is 11.5. The van der Waals surface area contributed by atoms with Gasteiger partial charge >= 0.3 is 6.18 Å². The summed E-state index contributed by atoms with van der Waals surface area (Å²) in [6, 6.07) is 1.05. The van der Waals surface area contributed by atoms with Crippen LogP contribution in [-0.4, -0.2) is 10.9 Å². The topological polar surface area (TPSA) is 56.0 Å². The summed E-state index contributed by atoms with van der Waals surface area (Å²) in [6.45, 7) is 0. The standard InChI is InChI=1S/C10H10F3IN2O/c11-10(12,13)6-4-7(14)8(16-5-6)2-1-3-9(15)17/h4-5H,1-3H2,(H2,15,17). The lowest BCUT2D eigenvalue weighted by Crippen LogP contribution is -2.11. The summed E-state index contributed by atoms with van der Waals surface area (Å²) < 4.78 is 37.5. The van der Waals surface area contributed by atoms with Crippen molar-refractivity contribution in [3.63, 3.8) is 0 Å². The number of hydrogen-bond donors (Lipinski definition) is 1. The van der Waals surface area contributed by atoms with Crippen molar-refractivity contribution in [2.75, 3.05) is 0 Å². The van der Waals surface area contributed by atoms with Gasteiger partial charge in [-0.25, -0.2) is 0 Å². The van der Waals surface area contributed by atoms with E-state index in [-0.39, 0.29) is 6.42 Å². The molecule has 3 nitrogen and oxygen atoms in total. The van der Waals surface area contributed by atoms with Crippen LogP contribution in [0, 0.1) is 3.57 Å². The number of nitrogens with two attached hydrogens (primary N) is 1. The van der Waals surface area contributed by atoms with Crippen LogP contribution >= 0.6 is 22.6 Å². The number of nitrogens with zero attached hydrogens (tertiary/aromatic N) is 1. The average Bonchev–Trinajstić information content (AvgIpc) is 2.18. The van der Waals surface area contributed by atoms with Crippen LogP contribution in [0.1, 0.15) is 24.1 Å². The minimum Gasteiger partial charge on any atom is -0.370 e. The van der Waals surface area contributed by atoms with E-state index in [0.29, 0.717) is 22.1 Å². The smallest absolute Gasteiger partial charge is 0.370 e. The molecule has 1 heterocycles. The van der Waals surface area contributed by atoms with E-state index in [0.717, 1.165) is 12.3 Å². The number of carbonyl (C=O) groups is 1. The number of hydrogen-bond acceptors (Lipinski definition) is 2. The van der Waals surface area contributed by atoms with E-state index in [4.69, 9.17) is 5.73 Å². The molecule has 0 saturated carbocycles. The van der Waals surface area contributed by atoms with E-state index in [1.54, 1.807) is 22.6 Å². The molecule has 7 heteroatoms. The number of rotatable bonds is 4. The third kappa shape index (κ3) is 4.49. The monoisotopic (exact) mass is 358 g/mol. The van der Waals surface area contributed by atoms with Gasteiger partial charge in [-0.05, 0) is 41.5 Å². The Balaban J connectivity index is 2.73. The van der Waals surface area contributed by atoms with Crippen molar-refractivity contribution in [2.45, 2.75) is 25.4 Å². The Morgan fingerprint density at radius 2 is 2.12 bits per heavy atom. The predicted molar refractivity (Wildman–Crippen MR) is 64.1 cm³/mol. The Bertz CT molecular complexity index is 421. The molecule has 0 unspecified atom stereocenters. The number of amides is 1. The van der Waals surface area contributed by atoms with Crippen molar-refractivity contribution >= 4 is 28.5 Å². The van der Waals surface area contributed by atoms with Gasteiger partial charge in [0.05, 0.1) is 11.3 Å². The van der Waals surface area contributed by atoms with Crippen molar-refractivity contribution in [3.8, 4) is 0 Å². The maximum Gasteiger partial charge on any atom is 0.417 e. The first-order chi connectivity index (χ1) is 7.80. The highest BCUT2D eigenvalue weighted by Crippen LogP contribution is 2.30. The molecule has 0 atom stereocenters. The molecule has 0 aliphatic rings. The number of pyridine rings is 1. The van der Waals surface area contributed by atoms with Crippen LogP contribution in [0.3, 0.4) is 0 Å². The minimum absolute atomic E-state index is 0.207. The lowest BCUT2D eigenvalue weighted by atomic mass is 10.1. The van der Waals surface area contributed by atoms with Crippen molar-refractivity contribution in [3.05, 3.63) is 27.1 Å². The third-order valence-corrected chi connectivity index (χ3v) is 3.02. The molecule has 94 valence electrons. The first-order valence-electron chi connectivity index (χ1n) is 4.80. The summed E-state index contributed by atoms with van der Waals surface area (Å²) in [5, 5.41) is 0. The molecule has 0 radical (unpaired) electrons. The Labute approximate surface area is 110 Å². The molecule has 0 aliphatic heterocycles. The van der Waals surface area contributed by atoms with Gasteiger partial charge < -0.3 is 5.73 Å². The molecule has 0 aliphatic carbocycles. The second kappa shape index (κ2) is 5.65. The third-order valence-electron chi connectivity index (χ3n) is 2.08. The summed E-state index contributed by atoms with van der Waals surface area (Å²) in [5.74, 6) is -0.424. The lowest BCUT2D eigenvalue weighted by Gasteiger charge is -2.08. The molecular weight excluding hydrogens is 348 g/mol. The molecule has 2 N–H and O–H groups in total. The van der Waals surface area contributed by atoms with Crippen molar-refractivity contribution in [1.82, 2.24) is 4.98 Å². The average molecular weight is 358 g/mol. The number of primary amides is 1. The highest BCUT2D eigenvalue weighted by atomic mass is 127. The minimum atomic E-state index is -4.38. The number of carbonyl (C=O) groups excluding carboxylic acids is 1. The number of alkyl halides is 3. The van der Waals surface area contributed by atoms with E-state index in [1.165, 1.54) is 0 Å². The van der Waals surface area contributed by atoms with Gasteiger partial charge in [-0.1, -0.05) is 0 Å². The van der Waals surface area contributed by atoms with E-state index >= 15 is 0 Å². The second-order valence-electron chi connectivity index (χ2n) is 3.47. The summed E-state index contributed by atoms with van der Waals surface area (Å²) in [7, 11) is 0. The number of halogens is 4. The lowest BCUT2D eigenvalue weighted by molar-refractivity contribution is -0.137. The zero-order chi connectivity index (χ0) is 13.1. The van der Waals surface area contributed by atoms with Gasteiger partial charge in [-0.2, -0.15) is 13.2 Å². The molecule has 0 aromatic carbocycles. The fourth-order valence-electron chi connectivity index (χ4n) is 1.24. The van der Waals surface area contributed by atoms with Gasteiger partial charge in [-0.15, -0.1) is 0 Å². The van der Waals surface area contributed by atoms with E-state index in [2.05, 4.69) is 4.98 Å². The van der Waals surface area contributed by atoms with Crippen LogP contribution in [0.2, 0.25) is 0 Å². The summed E-state index contributed by atoms with van der Waals surface area (Å²) in [4.78, 5) is 14.3. The summed E-state index contributed by atoms with van der Waals surface area (Å²) in [6.07, 6.45) is -2.43. The summed E-state index contributed by atoms with van der Waals surface area (Å²) in [5.41, 5.74) is 4.76. The van der Waals surface area contributed by atoms with Gasteiger partial charge in [0, 0.05) is 16.2 Å². The maximum atomic E-state index is 12.4. The van der Waals surface area contributed by atoms with Crippen molar-refractivity contribution in [1.29, 1.82) is 0 Å². The SMILES string of the molecule is NC(=O)CCCc1ncc(C(F)(F)F)cc1I. The van der Waals surface area contributed by atoms with Crippen LogP contribution < -0.4 is 5.73 Å². The highest BCUT2D eigenvalue weighted by Gasteiger charge is 2.31. The van der Waals surface area contributed by atoms with Crippen molar-refractivity contribution in [2.24, 2.45) is 5.73 Å². The quantitative estimate of drug-likeness (QED) is 0.841.